The van der Waals surface area contributed by atoms with E-state index >= 15 is 0 Å². The van der Waals surface area contributed by atoms with E-state index in [0.717, 1.165) is 23.1 Å². The van der Waals surface area contributed by atoms with Gasteiger partial charge in [0.1, 0.15) is 5.69 Å². The number of benzene rings is 2. The van der Waals surface area contributed by atoms with E-state index in [2.05, 4.69) is 28.9 Å². The third-order valence-corrected chi connectivity index (χ3v) is 5.37. The maximum atomic E-state index is 12.7. The molecule has 1 aliphatic heterocycles. The second kappa shape index (κ2) is 5.62. The fraction of sp³-hybridized carbons (Fsp3) is 0.167. The van der Waals surface area contributed by atoms with E-state index in [0.29, 0.717) is 16.0 Å². The zero-order valence-electron chi connectivity index (χ0n) is 12.5. The van der Waals surface area contributed by atoms with Gasteiger partial charge in [-0.25, -0.2) is 0 Å². The predicted molar refractivity (Wildman–Crippen MR) is 96.7 cm³/mol. The molecule has 0 fully saturated rings. The van der Waals surface area contributed by atoms with Crippen molar-refractivity contribution in [3.05, 3.63) is 59.2 Å². The van der Waals surface area contributed by atoms with Gasteiger partial charge in [-0.2, -0.15) is 0 Å². The molecule has 0 saturated heterocycles. The minimum Gasteiger partial charge on any atom is -0.334 e. The Balaban J connectivity index is 1.74. The first-order valence-corrected chi connectivity index (χ1v) is 8.73. The zero-order valence-corrected chi connectivity index (χ0v) is 14.1. The van der Waals surface area contributed by atoms with Crippen LogP contribution in [0.5, 0.6) is 0 Å². The Bertz CT molecular complexity index is 901. The molecule has 0 unspecified atom stereocenters. The standard InChI is InChI=1S/C18H15ClN2OS/c1-11-10-21-15(9-12-3-2-4-16(23-11)17(12)21)18(22)20-14-7-5-13(19)6-8-14/h2-9,11H,10H2,1H3,(H,20,22)/t11-/m1/s1. The molecule has 0 saturated carbocycles. The third-order valence-electron chi connectivity index (χ3n) is 3.99. The third kappa shape index (κ3) is 2.62. The van der Waals surface area contributed by atoms with Gasteiger partial charge >= 0.3 is 0 Å². The van der Waals surface area contributed by atoms with E-state index in [1.54, 1.807) is 12.1 Å². The minimum absolute atomic E-state index is 0.0893. The van der Waals surface area contributed by atoms with Crippen LogP contribution in [0, 0.1) is 0 Å². The summed E-state index contributed by atoms with van der Waals surface area (Å²) in [6.07, 6.45) is 0. The molecule has 1 atom stereocenters. The number of aromatic nitrogens is 1. The number of hydrogen-bond donors (Lipinski definition) is 1. The van der Waals surface area contributed by atoms with Crippen LogP contribution in [0.3, 0.4) is 0 Å². The van der Waals surface area contributed by atoms with Gasteiger partial charge in [0.25, 0.3) is 5.91 Å². The van der Waals surface area contributed by atoms with Crippen molar-refractivity contribution >= 4 is 45.9 Å². The number of nitrogens with zero attached hydrogens (tertiary/aromatic N) is 1. The zero-order chi connectivity index (χ0) is 16.0. The number of amides is 1. The van der Waals surface area contributed by atoms with Crippen molar-refractivity contribution in [1.29, 1.82) is 0 Å². The summed E-state index contributed by atoms with van der Waals surface area (Å²) in [5.74, 6) is -0.0893. The molecule has 116 valence electrons. The van der Waals surface area contributed by atoms with Crippen LogP contribution >= 0.6 is 23.4 Å². The van der Waals surface area contributed by atoms with Crippen molar-refractivity contribution in [2.75, 3.05) is 5.32 Å². The van der Waals surface area contributed by atoms with Gasteiger partial charge in [0.05, 0.1) is 5.52 Å². The molecule has 0 radical (unpaired) electrons. The molecule has 0 spiro atoms. The van der Waals surface area contributed by atoms with E-state index < -0.39 is 0 Å². The van der Waals surface area contributed by atoms with E-state index in [1.807, 2.05) is 36.0 Å². The van der Waals surface area contributed by atoms with Crippen molar-refractivity contribution in [3.8, 4) is 0 Å². The first-order chi connectivity index (χ1) is 11.1. The Morgan fingerprint density at radius 3 is 2.83 bits per heavy atom. The van der Waals surface area contributed by atoms with Gasteiger partial charge in [0, 0.05) is 32.8 Å². The molecule has 2 heterocycles. The van der Waals surface area contributed by atoms with Crippen LogP contribution in [0.4, 0.5) is 5.69 Å². The smallest absolute Gasteiger partial charge is 0.272 e. The summed E-state index contributed by atoms with van der Waals surface area (Å²) >= 11 is 7.76. The minimum atomic E-state index is -0.0893. The first-order valence-electron chi connectivity index (χ1n) is 7.47. The number of halogens is 1. The number of anilines is 1. The average molecular weight is 343 g/mol. The number of carbonyl (C=O) groups is 1. The first kappa shape index (κ1) is 14.7. The Kier molecular flexibility index (Phi) is 3.58. The van der Waals surface area contributed by atoms with E-state index in [9.17, 15) is 4.79 Å². The van der Waals surface area contributed by atoms with Gasteiger partial charge in [-0.3, -0.25) is 4.79 Å². The maximum absolute atomic E-state index is 12.7. The number of thioether (sulfide) groups is 1. The van der Waals surface area contributed by atoms with Gasteiger partial charge < -0.3 is 9.88 Å². The second-order valence-corrected chi connectivity index (χ2v) is 7.64. The lowest BCUT2D eigenvalue weighted by Crippen LogP contribution is -2.21. The van der Waals surface area contributed by atoms with E-state index in [1.165, 1.54) is 4.90 Å². The highest BCUT2D eigenvalue weighted by Gasteiger charge is 2.23. The van der Waals surface area contributed by atoms with Gasteiger partial charge in [-0.05, 0) is 36.4 Å². The summed E-state index contributed by atoms with van der Waals surface area (Å²) in [4.78, 5) is 14.0. The average Bonchev–Trinajstić information content (AvgIpc) is 2.90. The summed E-state index contributed by atoms with van der Waals surface area (Å²) in [6.45, 7) is 3.03. The van der Waals surface area contributed by atoms with Gasteiger partial charge in [0.15, 0.2) is 0 Å². The lowest BCUT2D eigenvalue weighted by Gasteiger charge is -2.22. The largest absolute Gasteiger partial charge is 0.334 e. The highest BCUT2D eigenvalue weighted by atomic mass is 35.5. The second-order valence-electron chi connectivity index (χ2n) is 5.72. The molecule has 1 amide bonds. The van der Waals surface area contributed by atoms with E-state index in [4.69, 9.17) is 11.6 Å². The molecular formula is C18H15ClN2OS. The Hall–Kier alpha value is -1.91. The number of rotatable bonds is 2. The summed E-state index contributed by atoms with van der Waals surface area (Å²) in [7, 11) is 0. The molecule has 0 bridgehead atoms. The predicted octanol–water partition coefficient (Wildman–Crippen LogP) is 5.04. The van der Waals surface area contributed by atoms with Crippen LogP contribution < -0.4 is 5.32 Å². The van der Waals surface area contributed by atoms with Gasteiger partial charge in [-0.1, -0.05) is 30.7 Å². The number of carbonyl (C=O) groups excluding carboxylic acids is 1. The molecular weight excluding hydrogens is 328 g/mol. The summed E-state index contributed by atoms with van der Waals surface area (Å²) in [6, 6.07) is 15.4. The molecule has 3 aromatic rings. The van der Waals surface area contributed by atoms with Crippen molar-refractivity contribution in [2.24, 2.45) is 0 Å². The fourth-order valence-electron chi connectivity index (χ4n) is 3.00. The van der Waals surface area contributed by atoms with Crippen LogP contribution in [0.1, 0.15) is 17.4 Å². The highest BCUT2D eigenvalue weighted by Crippen LogP contribution is 2.38. The van der Waals surface area contributed by atoms with Crippen molar-refractivity contribution < 1.29 is 4.79 Å². The molecule has 3 nitrogen and oxygen atoms in total. The lowest BCUT2D eigenvalue weighted by molar-refractivity contribution is 0.101. The molecule has 1 N–H and O–H groups in total. The molecule has 2 aromatic carbocycles. The highest BCUT2D eigenvalue weighted by molar-refractivity contribution is 8.00. The summed E-state index contributed by atoms with van der Waals surface area (Å²) < 4.78 is 2.14. The van der Waals surface area contributed by atoms with Crippen molar-refractivity contribution in [1.82, 2.24) is 4.57 Å². The number of para-hydroxylation sites is 1. The van der Waals surface area contributed by atoms with Crippen LogP contribution in [-0.4, -0.2) is 15.7 Å². The Morgan fingerprint density at radius 1 is 1.26 bits per heavy atom. The number of hydrogen-bond acceptors (Lipinski definition) is 2. The lowest BCUT2D eigenvalue weighted by atomic mass is 10.2. The monoisotopic (exact) mass is 342 g/mol. The van der Waals surface area contributed by atoms with Crippen LogP contribution in [0.15, 0.2) is 53.4 Å². The molecule has 1 aliphatic rings. The van der Waals surface area contributed by atoms with Crippen molar-refractivity contribution in [3.63, 3.8) is 0 Å². The topological polar surface area (TPSA) is 34.0 Å². The SMILES string of the molecule is C[C@@H]1Cn2c(C(=O)Nc3ccc(Cl)cc3)cc3cccc(c32)S1. The van der Waals surface area contributed by atoms with E-state index in [-0.39, 0.29) is 5.91 Å². The summed E-state index contributed by atoms with van der Waals surface area (Å²) in [5, 5.41) is 5.17. The van der Waals surface area contributed by atoms with Crippen molar-refractivity contribution in [2.45, 2.75) is 23.6 Å². The molecule has 4 rings (SSSR count). The number of nitrogens with one attached hydrogen (secondary N) is 1. The summed E-state index contributed by atoms with van der Waals surface area (Å²) in [5.41, 5.74) is 2.61. The van der Waals surface area contributed by atoms with Crippen LogP contribution in [0.25, 0.3) is 10.9 Å². The van der Waals surface area contributed by atoms with Crippen LogP contribution in [0.2, 0.25) is 5.02 Å². The molecule has 0 aliphatic carbocycles. The Morgan fingerprint density at radius 2 is 2.04 bits per heavy atom. The Labute approximate surface area is 143 Å². The normalized spacial score (nSPS) is 16.5. The van der Waals surface area contributed by atoms with Gasteiger partial charge in [0.2, 0.25) is 0 Å². The molecule has 1 aromatic heterocycles. The van der Waals surface area contributed by atoms with Crippen LogP contribution in [-0.2, 0) is 6.54 Å². The molecule has 23 heavy (non-hydrogen) atoms. The molecule has 5 heteroatoms. The fourth-order valence-corrected chi connectivity index (χ4v) is 4.28. The maximum Gasteiger partial charge on any atom is 0.272 e. The van der Waals surface area contributed by atoms with Gasteiger partial charge in [-0.15, -0.1) is 11.8 Å². The quantitative estimate of drug-likeness (QED) is 0.707.